The minimum Gasteiger partial charge on any atom is -0.383 e. The van der Waals surface area contributed by atoms with Gasteiger partial charge in [0.05, 0.1) is 32.4 Å². The molecule has 122 valence electrons. The molecule has 1 N–H and O–H groups in total. The highest BCUT2D eigenvalue weighted by molar-refractivity contribution is 5.78. The van der Waals surface area contributed by atoms with E-state index in [1.54, 1.807) is 4.90 Å². The lowest BCUT2D eigenvalue weighted by atomic mass is 10.1. The van der Waals surface area contributed by atoms with Crippen LogP contribution in [0.2, 0.25) is 0 Å². The normalized spacial score (nSPS) is 16.6. The molecule has 7 heteroatoms. The second kappa shape index (κ2) is 8.17. The molecule has 1 aliphatic heterocycles. The second-order valence-electron chi connectivity index (χ2n) is 5.06. The number of benzene rings is 1. The van der Waals surface area contributed by atoms with Crippen LogP contribution >= 0.6 is 0 Å². The smallest absolute Gasteiger partial charge is 0.236 e. The minimum atomic E-state index is -0.917. The van der Waals surface area contributed by atoms with Gasteiger partial charge in [0.1, 0.15) is 0 Å². The summed E-state index contributed by atoms with van der Waals surface area (Å²) >= 11 is 0. The lowest BCUT2D eigenvalue weighted by Crippen LogP contribution is -2.45. The largest absolute Gasteiger partial charge is 0.383 e. The van der Waals surface area contributed by atoms with Gasteiger partial charge in [-0.2, -0.15) is 0 Å². The molecule has 1 aromatic rings. The van der Waals surface area contributed by atoms with Gasteiger partial charge in [-0.3, -0.25) is 10.1 Å². The van der Waals surface area contributed by atoms with Gasteiger partial charge < -0.3 is 14.4 Å². The van der Waals surface area contributed by atoms with Crippen LogP contribution in [-0.2, 0) is 14.3 Å². The van der Waals surface area contributed by atoms with Gasteiger partial charge in [-0.1, -0.05) is 6.07 Å². The number of nitrogens with one attached hydrogen (secondary N) is 1. The van der Waals surface area contributed by atoms with Crippen LogP contribution in [0.4, 0.5) is 8.78 Å². The molecule has 0 aromatic heterocycles. The molecule has 1 amide bonds. The molecule has 5 nitrogen and oxygen atoms in total. The van der Waals surface area contributed by atoms with E-state index in [1.165, 1.54) is 13.2 Å². The number of morpholine rings is 1. The maximum Gasteiger partial charge on any atom is 0.236 e. The van der Waals surface area contributed by atoms with E-state index in [2.05, 4.69) is 5.32 Å². The van der Waals surface area contributed by atoms with Gasteiger partial charge in [0.2, 0.25) is 5.91 Å². The van der Waals surface area contributed by atoms with Crippen LogP contribution in [0, 0.1) is 11.6 Å². The Bertz CT molecular complexity index is 508. The number of carbonyl (C=O) groups excluding carboxylic acids is 1. The summed E-state index contributed by atoms with van der Waals surface area (Å²) in [6.45, 7) is 2.57. The fourth-order valence-electron chi connectivity index (χ4n) is 2.30. The molecule has 22 heavy (non-hydrogen) atoms. The monoisotopic (exact) mass is 314 g/mol. The van der Waals surface area contributed by atoms with Crippen molar-refractivity contribution in [2.75, 3.05) is 46.6 Å². The fraction of sp³-hybridized carbons (Fsp3) is 0.533. The van der Waals surface area contributed by atoms with Crippen molar-refractivity contribution in [2.45, 2.75) is 6.04 Å². The van der Waals surface area contributed by atoms with Gasteiger partial charge in [-0.25, -0.2) is 8.78 Å². The van der Waals surface area contributed by atoms with Crippen LogP contribution in [0.15, 0.2) is 18.2 Å². The highest BCUT2D eigenvalue weighted by Gasteiger charge is 2.19. The van der Waals surface area contributed by atoms with Crippen LogP contribution in [-0.4, -0.2) is 57.4 Å². The van der Waals surface area contributed by atoms with Gasteiger partial charge >= 0.3 is 0 Å². The van der Waals surface area contributed by atoms with E-state index in [0.29, 0.717) is 31.9 Å². The van der Waals surface area contributed by atoms with Gasteiger partial charge in [-0.05, 0) is 17.7 Å². The molecule has 0 radical (unpaired) electrons. The predicted octanol–water partition coefficient (Wildman–Crippen LogP) is 1.10. The summed E-state index contributed by atoms with van der Waals surface area (Å²) in [4.78, 5) is 13.8. The Balaban J connectivity index is 1.96. The van der Waals surface area contributed by atoms with Crippen molar-refractivity contribution in [3.63, 3.8) is 0 Å². The van der Waals surface area contributed by atoms with Crippen LogP contribution in [0.5, 0.6) is 0 Å². The number of nitrogens with zero attached hydrogens (tertiary/aromatic N) is 1. The Morgan fingerprint density at radius 1 is 1.36 bits per heavy atom. The summed E-state index contributed by atoms with van der Waals surface area (Å²) in [6, 6.07) is 3.28. The van der Waals surface area contributed by atoms with E-state index in [-0.39, 0.29) is 25.1 Å². The lowest BCUT2D eigenvalue weighted by Gasteiger charge is -2.28. The molecule has 1 heterocycles. The highest BCUT2D eigenvalue weighted by Crippen LogP contribution is 2.16. The van der Waals surface area contributed by atoms with Crippen molar-refractivity contribution in [1.82, 2.24) is 10.2 Å². The van der Waals surface area contributed by atoms with Crippen LogP contribution < -0.4 is 5.32 Å². The molecule has 0 spiro atoms. The fourth-order valence-corrected chi connectivity index (χ4v) is 2.30. The van der Waals surface area contributed by atoms with Crippen molar-refractivity contribution in [1.29, 1.82) is 0 Å². The zero-order valence-electron chi connectivity index (χ0n) is 12.5. The average molecular weight is 314 g/mol. The first-order chi connectivity index (χ1) is 10.6. The zero-order valence-corrected chi connectivity index (χ0v) is 12.5. The summed E-state index contributed by atoms with van der Waals surface area (Å²) in [6.07, 6.45) is 0. The van der Waals surface area contributed by atoms with Crippen LogP contribution in [0.1, 0.15) is 11.6 Å². The van der Waals surface area contributed by atoms with Gasteiger partial charge in [0.25, 0.3) is 0 Å². The Kier molecular flexibility index (Phi) is 6.23. The standard InChI is InChI=1S/C15H20F2N2O3/c1-21-10-14(11-2-3-12(16)13(17)8-11)18-9-15(20)19-4-6-22-7-5-19/h2-3,8,14,18H,4-7,9-10H2,1H3/t14-/m1/s1. The van der Waals surface area contributed by atoms with E-state index in [1.807, 2.05) is 0 Å². The van der Waals surface area contributed by atoms with E-state index in [9.17, 15) is 13.6 Å². The molecule has 1 aromatic carbocycles. The number of methoxy groups -OCH3 is 1. The molecular formula is C15H20F2N2O3. The van der Waals surface area contributed by atoms with E-state index >= 15 is 0 Å². The SMILES string of the molecule is COC[C@@H](NCC(=O)N1CCOCC1)c1ccc(F)c(F)c1. The summed E-state index contributed by atoms with van der Waals surface area (Å²) in [5.74, 6) is -1.86. The number of amides is 1. The Morgan fingerprint density at radius 3 is 2.73 bits per heavy atom. The summed E-state index contributed by atoms with van der Waals surface area (Å²) in [5, 5.41) is 3.03. The van der Waals surface area contributed by atoms with Crippen LogP contribution in [0.3, 0.4) is 0 Å². The molecule has 0 aliphatic carbocycles. The van der Waals surface area contributed by atoms with Crippen molar-refractivity contribution < 1.29 is 23.0 Å². The zero-order chi connectivity index (χ0) is 15.9. The molecule has 0 saturated carbocycles. The first kappa shape index (κ1) is 16.8. The molecule has 0 unspecified atom stereocenters. The van der Waals surface area contributed by atoms with E-state index < -0.39 is 11.6 Å². The number of carbonyl (C=O) groups is 1. The number of ether oxygens (including phenoxy) is 2. The molecular weight excluding hydrogens is 294 g/mol. The summed E-state index contributed by atoms with van der Waals surface area (Å²) < 4.78 is 36.6. The first-order valence-corrected chi connectivity index (χ1v) is 7.14. The van der Waals surface area contributed by atoms with Gasteiger partial charge in [-0.15, -0.1) is 0 Å². The highest BCUT2D eigenvalue weighted by atomic mass is 19.2. The maximum atomic E-state index is 13.3. The number of rotatable bonds is 6. The van der Waals surface area contributed by atoms with Crippen molar-refractivity contribution in [3.8, 4) is 0 Å². The Hall–Kier alpha value is -1.57. The Labute approximate surface area is 128 Å². The molecule has 1 atom stereocenters. The summed E-state index contributed by atoms with van der Waals surface area (Å²) in [5.41, 5.74) is 0.538. The number of halogens is 2. The minimum absolute atomic E-state index is 0.0491. The second-order valence-corrected chi connectivity index (χ2v) is 5.06. The van der Waals surface area contributed by atoms with Gasteiger partial charge in [0, 0.05) is 20.2 Å². The third kappa shape index (κ3) is 4.46. The maximum absolute atomic E-state index is 13.3. The molecule has 1 fully saturated rings. The molecule has 1 aliphatic rings. The average Bonchev–Trinajstić information content (AvgIpc) is 2.54. The van der Waals surface area contributed by atoms with E-state index in [0.717, 1.165) is 12.1 Å². The lowest BCUT2D eigenvalue weighted by molar-refractivity contribution is -0.134. The number of hydrogen-bond acceptors (Lipinski definition) is 4. The van der Waals surface area contributed by atoms with E-state index in [4.69, 9.17) is 9.47 Å². The number of hydrogen-bond donors (Lipinski definition) is 1. The predicted molar refractivity (Wildman–Crippen MR) is 76.4 cm³/mol. The Morgan fingerprint density at radius 2 is 2.09 bits per heavy atom. The quantitative estimate of drug-likeness (QED) is 0.854. The van der Waals surface area contributed by atoms with Crippen molar-refractivity contribution in [3.05, 3.63) is 35.4 Å². The molecule has 1 saturated heterocycles. The van der Waals surface area contributed by atoms with Gasteiger partial charge in [0.15, 0.2) is 11.6 Å². The van der Waals surface area contributed by atoms with Crippen molar-refractivity contribution in [2.24, 2.45) is 0 Å². The third-order valence-electron chi connectivity index (χ3n) is 3.54. The first-order valence-electron chi connectivity index (χ1n) is 7.14. The topological polar surface area (TPSA) is 50.8 Å². The van der Waals surface area contributed by atoms with Crippen molar-refractivity contribution >= 4 is 5.91 Å². The molecule has 0 bridgehead atoms. The third-order valence-corrected chi connectivity index (χ3v) is 3.54. The molecule has 2 rings (SSSR count). The summed E-state index contributed by atoms with van der Waals surface area (Å²) in [7, 11) is 1.51. The van der Waals surface area contributed by atoms with Crippen LogP contribution in [0.25, 0.3) is 0 Å².